The number of thiocarbonyl (C=S) groups is 1. The first-order valence-corrected chi connectivity index (χ1v) is 10.7. The van der Waals surface area contributed by atoms with Crippen molar-refractivity contribution in [1.29, 1.82) is 0 Å². The number of nitrogens with one attached hydrogen (secondary N) is 3. The molecule has 1 aromatic carbocycles. The summed E-state index contributed by atoms with van der Waals surface area (Å²) in [7, 11) is 1.77. The molecule has 0 unspecified atom stereocenters. The highest BCUT2D eigenvalue weighted by molar-refractivity contribution is 7.80. The third-order valence-corrected chi connectivity index (χ3v) is 5.11. The Morgan fingerprint density at radius 1 is 1.14 bits per heavy atom. The average molecular weight is 407 g/mol. The molecule has 3 N–H and O–H groups in total. The number of piperidine rings is 1. The minimum Gasteiger partial charge on any atom is -0.494 e. The summed E-state index contributed by atoms with van der Waals surface area (Å²) in [4.78, 5) is 14.3. The molecule has 2 rings (SSSR count). The van der Waals surface area contributed by atoms with Crippen molar-refractivity contribution in [1.82, 2.24) is 20.9 Å². The molecule has 1 saturated heterocycles. The number of ether oxygens (including phenoxy) is 1. The van der Waals surface area contributed by atoms with Crippen molar-refractivity contribution in [3.05, 3.63) is 29.8 Å². The number of amides is 1. The van der Waals surface area contributed by atoms with Crippen LogP contribution in [-0.4, -0.2) is 55.8 Å². The third-order valence-electron chi connectivity index (χ3n) is 4.76. The Morgan fingerprint density at radius 3 is 2.71 bits per heavy atom. The van der Waals surface area contributed by atoms with E-state index in [9.17, 15) is 4.79 Å². The SMILES string of the molecule is CNC(=S)NCCCC(=O)NCCCOc1cccc(CN2CCCCC2)c1. The molecule has 0 bridgehead atoms. The first-order chi connectivity index (χ1) is 13.7. The van der Waals surface area contributed by atoms with Crippen LogP contribution < -0.4 is 20.7 Å². The Labute approximate surface area is 174 Å². The van der Waals surface area contributed by atoms with Crippen molar-refractivity contribution in [3.63, 3.8) is 0 Å². The predicted octanol–water partition coefficient (Wildman–Crippen LogP) is 2.43. The van der Waals surface area contributed by atoms with Crippen LogP contribution in [0.3, 0.4) is 0 Å². The van der Waals surface area contributed by atoms with Gasteiger partial charge in [-0.2, -0.15) is 0 Å². The number of likely N-dealkylation sites (tertiary alicyclic amines) is 1. The summed E-state index contributed by atoms with van der Waals surface area (Å²) in [6, 6.07) is 8.36. The van der Waals surface area contributed by atoms with Gasteiger partial charge in [0.05, 0.1) is 6.61 Å². The maximum Gasteiger partial charge on any atom is 0.220 e. The molecular formula is C21H34N4O2S. The zero-order chi connectivity index (χ0) is 20.0. The molecule has 0 saturated carbocycles. The van der Waals surface area contributed by atoms with E-state index in [1.54, 1.807) is 7.05 Å². The van der Waals surface area contributed by atoms with Crippen LogP contribution in [0.2, 0.25) is 0 Å². The fourth-order valence-corrected chi connectivity index (χ4v) is 3.33. The van der Waals surface area contributed by atoms with Crippen molar-refractivity contribution >= 4 is 23.2 Å². The lowest BCUT2D eigenvalue weighted by molar-refractivity contribution is -0.121. The van der Waals surface area contributed by atoms with Gasteiger partial charge in [-0.1, -0.05) is 18.6 Å². The predicted molar refractivity (Wildman–Crippen MR) is 118 cm³/mol. The second-order valence-electron chi connectivity index (χ2n) is 7.15. The molecule has 1 aromatic rings. The van der Waals surface area contributed by atoms with Gasteiger partial charge < -0.3 is 20.7 Å². The summed E-state index contributed by atoms with van der Waals surface area (Å²) in [6.45, 7) is 5.33. The molecule has 156 valence electrons. The Kier molecular flexibility index (Phi) is 10.7. The molecule has 7 heteroatoms. The van der Waals surface area contributed by atoms with Crippen LogP contribution >= 0.6 is 12.2 Å². The van der Waals surface area contributed by atoms with E-state index in [0.29, 0.717) is 31.2 Å². The van der Waals surface area contributed by atoms with Crippen molar-refractivity contribution < 1.29 is 9.53 Å². The lowest BCUT2D eigenvalue weighted by Gasteiger charge is -2.26. The molecule has 1 aliphatic heterocycles. The van der Waals surface area contributed by atoms with E-state index in [0.717, 1.165) is 25.1 Å². The minimum absolute atomic E-state index is 0.0701. The quantitative estimate of drug-likeness (QED) is 0.387. The highest BCUT2D eigenvalue weighted by Gasteiger charge is 2.10. The average Bonchev–Trinajstić information content (AvgIpc) is 2.72. The van der Waals surface area contributed by atoms with E-state index in [1.165, 1.54) is 37.9 Å². The van der Waals surface area contributed by atoms with Gasteiger partial charge in [-0.3, -0.25) is 9.69 Å². The molecular weight excluding hydrogens is 372 g/mol. The second-order valence-corrected chi connectivity index (χ2v) is 7.55. The van der Waals surface area contributed by atoms with E-state index in [-0.39, 0.29) is 5.91 Å². The van der Waals surface area contributed by atoms with Gasteiger partial charge in [0.2, 0.25) is 5.91 Å². The summed E-state index contributed by atoms with van der Waals surface area (Å²) in [5.74, 6) is 0.980. The van der Waals surface area contributed by atoms with E-state index in [1.807, 2.05) is 6.07 Å². The topological polar surface area (TPSA) is 65.6 Å². The van der Waals surface area contributed by atoms with Gasteiger partial charge in [-0.25, -0.2) is 0 Å². The highest BCUT2D eigenvalue weighted by atomic mass is 32.1. The number of carbonyl (C=O) groups is 1. The Hall–Kier alpha value is -1.86. The minimum atomic E-state index is 0.0701. The van der Waals surface area contributed by atoms with Crippen molar-refractivity contribution in [2.75, 3.05) is 39.8 Å². The van der Waals surface area contributed by atoms with Gasteiger partial charge in [0, 0.05) is 33.1 Å². The standard InChI is InChI=1S/C21H34N4O2S/c1-22-21(28)24-11-6-10-20(26)23-12-7-15-27-19-9-5-8-18(16-19)17-25-13-3-2-4-14-25/h5,8-9,16H,2-4,6-7,10-15,17H2,1H3,(H,23,26)(H2,22,24,28). The molecule has 1 fully saturated rings. The largest absolute Gasteiger partial charge is 0.494 e. The Morgan fingerprint density at radius 2 is 1.93 bits per heavy atom. The zero-order valence-electron chi connectivity index (χ0n) is 17.0. The van der Waals surface area contributed by atoms with Crippen LogP contribution in [0.4, 0.5) is 0 Å². The maximum atomic E-state index is 11.8. The fraction of sp³-hybridized carbons (Fsp3) is 0.619. The molecule has 0 atom stereocenters. The van der Waals surface area contributed by atoms with Crippen LogP contribution in [-0.2, 0) is 11.3 Å². The first kappa shape index (κ1) is 22.4. The van der Waals surface area contributed by atoms with Gasteiger partial charge in [0.25, 0.3) is 0 Å². The van der Waals surface area contributed by atoms with Crippen LogP contribution in [0.1, 0.15) is 44.1 Å². The van der Waals surface area contributed by atoms with Gasteiger partial charge in [0.1, 0.15) is 5.75 Å². The molecule has 1 amide bonds. The number of hydrogen-bond acceptors (Lipinski definition) is 4. The zero-order valence-corrected chi connectivity index (χ0v) is 17.8. The maximum absolute atomic E-state index is 11.8. The highest BCUT2D eigenvalue weighted by Crippen LogP contribution is 2.17. The lowest BCUT2D eigenvalue weighted by atomic mass is 10.1. The first-order valence-electron chi connectivity index (χ1n) is 10.3. The molecule has 0 radical (unpaired) electrons. The summed E-state index contributed by atoms with van der Waals surface area (Å²) < 4.78 is 5.85. The van der Waals surface area contributed by atoms with E-state index in [4.69, 9.17) is 17.0 Å². The summed E-state index contributed by atoms with van der Waals surface area (Å²) >= 11 is 4.98. The van der Waals surface area contributed by atoms with E-state index >= 15 is 0 Å². The van der Waals surface area contributed by atoms with Gasteiger partial charge in [0.15, 0.2) is 5.11 Å². The van der Waals surface area contributed by atoms with Crippen LogP contribution in [0.15, 0.2) is 24.3 Å². The number of hydrogen-bond donors (Lipinski definition) is 3. The monoisotopic (exact) mass is 406 g/mol. The van der Waals surface area contributed by atoms with Crippen molar-refractivity contribution in [2.24, 2.45) is 0 Å². The number of benzene rings is 1. The fourth-order valence-electron chi connectivity index (χ4n) is 3.23. The molecule has 0 spiro atoms. The van der Waals surface area contributed by atoms with E-state index < -0.39 is 0 Å². The van der Waals surface area contributed by atoms with Gasteiger partial charge in [-0.05, 0) is 68.7 Å². The summed E-state index contributed by atoms with van der Waals surface area (Å²) in [5.41, 5.74) is 1.30. The molecule has 0 aliphatic carbocycles. The Balaban J connectivity index is 1.54. The molecule has 1 aliphatic rings. The lowest BCUT2D eigenvalue weighted by Crippen LogP contribution is -2.33. The Bertz CT molecular complexity index is 606. The van der Waals surface area contributed by atoms with Gasteiger partial charge in [-0.15, -0.1) is 0 Å². The molecule has 1 heterocycles. The molecule has 6 nitrogen and oxygen atoms in total. The van der Waals surface area contributed by atoms with E-state index in [2.05, 4.69) is 39.0 Å². The van der Waals surface area contributed by atoms with Crippen molar-refractivity contribution in [2.45, 2.75) is 45.1 Å². The second kappa shape index (κ2) is 13.3. The van der Waals surface area contributed by atoms with Gasteiger partial charge >= 0.3 is 0 Å². The third kappa shape index (κ3) is 9.37. The summed E-state index contributed by atoms with van der Waals surface area (Å²) in [5, 5.41) is 9.42. The number of rotatable bonds is 11. The molecule has 28 heavy (non-hydrogen) atoms. The summed E-state index contributed by atoms with van der Waals surface area (Å²) in [6.07, 6.45) is 6.03. The number of nitrogens with zero attached hydrogens (tertiary/aromatic N) is 1. The number of carbonyl (C=O) groups excluding carboxylic acids is 1. The van der Waals surface area contributed by atoms with Crippen LogP contribution in [0, 0.1) is 0 Å². The van der Waals surface area contributed by atoms with Crippen LogP contribution in [0.25, 0.3) is 0 Å². The molecule has 0 aromatic heterocycles. The normalized spacial score (nSPS) is 14.3. The van der Waals surface area contributed by atoms with Crippen molar-refractivity contribution in [3.8, 4) is 5.75 Å². The van der Waals surface area contributed by atoms with Crippen LogP contribution in [0.5, 0.6) is 5.75 Å². The smallest absolute Gasteiger partial charge is 0.220 e.